The van der Waals surface area contributed by atoms with Gasteiger partial charge in [0.05, 0.1) is 4.90 Å². The minimum Gasteiger partial charge on any atom is -0.454 e. The van der Waals surface area contributed by atoms with Crippen LogP contribution in [0.3, 0.4) is 0 Å². The van der Waals surface area contributed by atoms with Gasteiger partial charge < -0.3 is 19.7 Å². The Labute approximate surface area is 152 Å². The van der Waals surface area contributed by atoms with E-state index in [1.54, 1.807) is 20.0 Å². The zero-order valence-corrected chi connectivity index (χ0v) is 15.6. The Bertz CT molecular complexity index is 956. The normalized spacial score (nSPS) is 12.7. The van der Waals surface area contributed by atoms with Crippen molar-refractivity contribution in [3.8, 4) is 11.5 Å². The molecule has 3 rings (SSSR count). The fourth-order valence-corrected chi connectivity index (χ4v) is 3.21. The van der Waals surface area contributed by atoms with Gasteiger partial charge in [-0.3, -0.25) is 0 Å². The highest BCUT2D eigenvalue weighted by Crippen LogP contribution is 2.32. The molecule has 0 aromatic heterocycles. The average molecular weight is 376 g/mol. The van der Waals surface area contributed by atoms with Gasteiger partial charge in [0.1, 0.15) is 0 Å². The summed E-state index contributed by atoms with van der Waals surface area (Å²) in [5, 5.41) is 2.76. The second-order valence-electron chi connectivity index (χ2n) is 6.22. The van der Waals surface area contributed by atoms with E-state index >= 15 is 0 Å². The van der Waals surface area contributed by atoms with Gasteiger partial charge in [-0.15, -0.1) is 0 Å². The molecule has 1 heterocycles. The SMILES string of the molecule is Cc1ccc(S(C)(=O)=O)cc1NC(=O)N(C)Cc1ccc2c(c1)OCO2. The number of amides is 2. The molecule has 0 aliphatic carbocycles. The summed E-state index contributed by atoms with van der Waals surface area (Å²) in [6.07, 6.45) is 1.13. The number of fused-ring (bicyclic) bond motifs is 1. The number of sulfone groups is 1. The molecule has 1 aliphatic heterocycles. The molecule has 2 aromatic rings. The van der Waals surface area contributed by atoms with Crippen LogP contribution >= 0.6 is 0 Å². The van der Waals surface area contributed by atoms with Crippen molar-refractivity contribution >= 4 is 21.6 Å². The molecule has 7 nitrogen and oxygen atoms in total. The predicted octanol–water partition coefficient (Wildman–Crippen LogP) is 2.79. The largest absolute Gasteiger partial charge is 0.454 e. The van der Waals surface area contributed by atoms with E-state index in [4.69, 9.17) is 9.47 Å². The van der Waals surface area contributed by atoms with E-state index in [1.165, 1.54) is 17.0 Å². The Morgan fingerprint density at radius 2 is 1.88 bits per heavy atom. The molecular formula is C18H20N2O5S. The molecule has 0 fully saturated rings. The Morgan fingerprint density at radius 3 is 2.62 bits per heavy atom. The van der Waals surface area contributed by atoms with E-state index in [0.29, 0.717) is 23.7 Å². The topological polar surface area (TPSA) is 84.9 Å². The highest BCUT2D eigenvalue weighted by Gasteiger charge is 2.17. The summed E-state index contributed by atoms with van der Waals surface area (Å²) in [5.41, 5.74) is 2.14. The quantitative estimate of drug-likeness (QED) is 0.887. The fraction of sp³-hybridized carbons (Fsp3) is 0.278. The average Bonchev–Trinajstić information content (AvgIpc) is 3.03. The Balaban J connectivity index is 1.71. The molecule has 0 spiro atoms. The summed E-state index contributed by atoms with van der Waals surface area (Å²) in [6, 6.07) is 9.84. The van der Waals surface area contributed by atoms with Crippen molar-refractivity contribution in [2.45, 2.75) is 18.4 Å². The van der Waals surface area contributed by atoms with Crippen LogP contribution in [-0.2, 0) is 16.4 Å². The number of nitrogens with one attached hydrogen (secondary N) is 1. The Kier molecular flexibility index (Phi) is 4.78. The zero-order chi connectivity index (χ0) is 18.9. The Hall–Kier alpha value is -2.74. The van der Waals surface area contributed by atoms with Crippen molar-refractivity contribution in [2.24, 2.45) is 0 Å². The molecule has 0 bridgehead atoms. The van der Waals surface area contributed by atoms with Crippen LogP contribution in [0.25, 0.3) is 0 Å². The number of carbonyl (C=O) groups is 1. The van der Waals surface area contributed by atoms with Crippen LogP contribution in [-0.4, -0.2) is 39.4 Å². The van der Waals surface area contributed by atoms with Gasteiger partial charge in [-0.25, -0.2) is 13.2 Å². The maximum atomic E-state index is 12.5. The summed E-state index contributed by atoms with van der Waals surface area (Å²) >= 11 is 0. The van der Waals surface area contributed by atoms with Crippen molar-refractivity contribution in [1.29, 1.82) is 0 Å². The molecule has 0 radical (unpaired) electrons. The van der Waals surface area contributed by atoms with Crippen molar-refractivity contribution < 1.29 is 22.7 Å². The second kappa shape index (κ2) is 6.87. The van der Waals surface area contributed by atoms with Crippen LogP contribution in [0.15, 0.2) is 41.3 Å². The van der Waals surface area contributed by atoms with Crippen molar-refractivity contribution in [3.63, 3.8) is 0 Å². The summed E-state index contributed by atoms with van der Waals surface area (Å²) in [6.45, 7) is 2.37. The lowest BCUT2D eigenvalue weighted by atomic mass is 10.2. The third-order valence-electron chi connectivity index (χ3n) is 4.08. The molecule has 1 aliphatic rings. The van der Waals surface area contributed by atoms with Gasteiger partial charge in [-0.1, -0.05) is 12.1 Å². The summed E-state index contributed by atoms with van der Waals surface area (Å²) < 4.78 is 34.0. The van der Waals surface area contributed by atoms with E-state index in [2.05, 4.69) is 5.32 Å². The van der Waals surface area contributed by atoms with Crippen LogP contribution < -0.4 is 14.8 Å². The third-order valence-corrected chi connectivity index (χ3v) is 5.19. The van der Waals surface area contributed by atoms with Crippen LogP contribution in [0.4, 0.5) is 10.5 Å². The molecule has 2 amide bonds. The van der Waals surface area contributed by atoms with E-state index in [0.717, 1.165) is 17.4 Å². The highest BCUT2D eigenvalue weighted by molar-refractivity contribution is 7.90. The number of nitrogens with zero attached hydrogens (tertiary/aromatic N) is 1. The van der Waals surface area contributed by atoms with Crippen molar-refractivity contribution in [1.82, 2.24) is 4.90 Å². The van der Waals surface area contributed by atoms with E-state index in [9.17, 15) is 13.2 Å². The fourth-order valence-electron chi connectivity index (χ4n) is 2.56. The van der Waals surface area contributed by atoms with E-state index < -0.39 is 9.84 Å². The lowest BCUT2D eigenvalue weighted by molar-refractivity contribution is 0.174. The van der Waals surface area contributed by atoms with Gasteiger partial charge >= 0.3 is 6.03 Å². The van der Waals surface area contributed by atoms with Crippen LogP contribution in [0.5, 0.6) is 11.5 Å². The minimum absolute atomic E-state index is 0.164. The van der Waals surface area contributed by atoms with Crippen LogP contribution in [0.1, 0.15) is 11.1 Å². The standard InChI is InChI=1S/C18H20N2O5S/c1-12-4-6-14(26(3,22)23)9-15(12)19-18(21)20(2)10-13-5-7-16-17(8-13)25-11-24-16/h4-9H,10-11H2,1-3H3,(H,19,21). The van der Waals surface area contributed by atoms with E-state index in [1.807, 2.05) is 18.2 Å². The number of hydrogen-bond donors (Lipinski definition) is 1. The first-order valence-corrected chi connectivity index (χ1v) is 9.84. The number of rotatable bonds is 4. The monoisotopic (exact) mass is 376 g/mol. The first-order valence-electron chi connectivity index (χ1n) is 7.95. The highest BCUT2D eigenvalue weighted by atomic mass is 32.2. The van der Waals surface area contributed by atoms with Crippen molar-refractivity contribution in [3.05, 3.63) is 47.5 Å². The van der Waals surface area contributed by atoms with Gasteiger partial charge in [-0.05, 0) is 42.3 Å². The first-order chi connectivity index (χ1) is 12.2. The maximum absolute atomic E-state index is 12.5. The molecule has 2 aromatic carbocycles. The molecule has 138 valence electrons. The number of urea groups is 1. The summed E-state index contributed by atoms with van der Waals surface area (Å²) in [4.78, 5) is 14.1. The third kappa shape index (κ3) is 3.91. The number of anilines is 1. The number of ether oxygens (including phenoxy) is 2. The number of aryl methyl sites for hydroxylation is 1. The van der Waals surface area contributed by atoms with Crippen LogP contribution in [0, 0.1) is 6.92 Å². The first kappa shape index (κ1) is 18.1. The lowest BCUT2D eigenvalue weighted by Gasteiger charge is -2.19. The molecule has 8 heteroatoms. The van der Waals surface area contributed by atoms with Gasteiger partial charge in [0.2, 0.25) is 6.79 Å². The number of carbonyl (C=O) groups excluding carboxylic acids is 1. The molecular weight excluding hydrogens is 356 g/mol. The smallest absolute Gasteiger partial charge is 0.321 e. The molecule has 1 N–H and O–H groups in total. The maximum Gasteiger partial charge on any atom is 0.321 e. The molecule has 0 atom stereocenters. The zero-order valence-electron chi connectivity index (χ0n) is 14.8. The summed E-state index contributed by atoms with van der Waals surface area (Å²) in [7, 11) is -1.68. The van der Waals surface area contributed by atoms with Gasteiger partial charge in [0.25, 0.3) is 0 Å². The lowest BCUT2D eigenvalue weighted by Crippen LogP contribution is -2.31. The van der Waals surface area contributed by atoms with E-state index in [-0.39, 0.29) is 17.7 Å². The molecule has 0 saturated carbocycles. The van der Waals surface area contributed by atoms with Gasteiger partial charge in [0, 0.05) is 25.5 Å². The predicted molar refractivity (Wildman–Crippen MR) is 97.3 cm³/mol. The molecule has 0 saturated heterocycles. The Morgan fingerprint density at radius 1 is 1.15 bits per heavy atom. The number of hydrogen-bond acceptors (Lipinski definition) is 5. The minimum atomic E-state index is -3.34. The number of benzene rings is 2. The van der Waals surface area contributed by atoms with Crippen LogP contribution in [0.2, 0.25) is 0 Å². The van der Waals surface area contributed by atoms with Gasteiger partial charge in [-0.2, -0.15) is 0 Å². The second-order valence-corrected chi connectivity index (χ2v) is 8.24. The summed E-state index contributed by atoms with van der Waals surface area (Å²) in [5.74, 6) is 1.35. The van der Waals surface area contributed by atoms with Crippen molar-refractivity contribution in [2.75, 3.05) is 25.4 Å². The molecule has 26 heavy (non-hydrogen) atoms. The van der Waals surface area contributed by atoms with Gasteiger partial charge in [0.15, 0.2) is 21.3 Å². The molecule has 0 unspecified atom stereocenters.